The van der Waals surface area contributed by atoms with Gasteiger partial charge in [-0.25, -0.2) is 5.43 Å². The van der Waals surface area contributed by atoms with Gasteiger partial charge < -0.3 is 4.74 Å². The molecule has 1 amide bonds. The van der Waals surface area contributed by atoms with E-state index in [1.807, 2.05) is 55.5 Å². The van der Waals surface area contributed by atoms with Crippen LogP contribution >= 0.6 is 0 Å². The van der Waals surface area contributed by atoms with Gasteiger partial charge in [0.05, 0.1) is 13.2 Å². The molecule has 4 nitrogen and oxygen atoms in total. The van der Waals surface area contributed by atoms with E-state index in [2.05, 4.69) is 17.4 Å². The van der Waals surface area contributed by atoms with Crippen molar-refractivity contribution in [2.45, 2.75) is 13.0 Å². The third kappa shape index (κ3) is 4.44. The molecule has 0 heterocycles. The second-order valence-electron chi connectivity index (χ2n) is 5.31. The summed E-state index contributed by atoms with van der Waals surface area (Å²) < 4.78 is 5.18. The normalized spacial score (nSPS) is 13.0. The second kappa shape index (κ2) is 8.15. The van der Waals surface area contributed by atoms with Crippen LogP contribution in [0.4, 0.5) is 0 Å². The lowest BCUT2D eigenvalue weighted by atomic mass is 9.95. The van der Waals surface area contributed by atoms with Crippen molar-refractivity contribution in [3.05, 3.63) is 78.4 Å². The van der Waals surface area contributed by atoms with Gasteiger partial charge in [0, 0.05) is 5.56 Å². The van der Waals surface area contributed by atoms with E-state index < -0.39 is 0 Å². The fourth-order valence-electron chi connectivity index (χ4n) is 2.27. The lowest BCUT2D eigenvalue weighted by Gasteiger charge is -2.24. The van der Waals surface area contributed by atoms with Crippen molar-refractivity contribution in [2.75, 3.05) is 7.11 Å². The van der Waals surface area contributed by atoms with Crippen molar-refractivity contribution in [2.24, 2.45) is 5.92 Å². The Labute approximate surface area is 137 Å². The monoisotopic (exact) mass is 310 g/mol. The summed E-state index contributed by atoms with van der Waals surface area (Å²) in [7, 11) is 1.64. The molecular weight excluding hydrogens is 288 g/mol. The predicted octanol–water partition coefficient (Wildman–Crippen LogP) is 3.49. The van der Waals surface area contributed by atoms with Crippen LogP contribution in [0.25, 0.3) is 0 Å². The summed E-state index contributed by atoms with van der Waals surface area (Å²) in [6.45, 7) is 5.89. The number of carbonyl (C=O) groups is 1. The number of carbonyl (C=O) groups excluding carboxylic acids is 1. The number of amides is 1. The molecule has 0 spiro atoms. The molecule has 2 aromatic carbocycles. The quantitative estimate of drug-likeness (QED) is 0.608. The van der Waals surface area contributed by atoms with Crippen LogP contribution in [-0.2, 0) is 0 Å². The molecule has 23 heavy (non-hydrogen) atoms. The molecule has 0 aliphatic rings. The van der Waals surface area contributed by atoms with Crippen LogP contribution in [0.2, 0.25) is 0 Å². The summed E-state index contributed by atoms with van der Waals surface area (Å²) in [5.74, 6) is 0.770. The van der Waals surface area contributed by atoms with Crippen LogP contribution in [0.3, 0.4) is 0 Å². The van der Waals surface area contributed by atoms with Gasteiger partial charge in [-0.2, -0.15) is 0 Å². The molecule has 0 saturated carbocycles. The molecule has 0 saturated heterocycles. The van der Waals surface area contributed by atoms with E-state index in [1.165, 1.54) is 0 Å². The van der Waals surface area contributed by atoms with E-state index >= 15 is 0 Å². The van der Waals surface area contributed by atoms with Crippen LogP contribution in [0, 0.1) is 5.92 Å². The number of rotatable bonds is 7. The third-order valence-electron chi connectivity index (χ3n) is 3.75. The Morgan fingerprint density at radius 2 is 1.78 bits per heavy atom. The second-order valence-corrected chi connectivity index (χ2v) is 5.31. The average molecular weight is 310 g/mol. The number of nitrogens with one attached hydrogen (secondary N) is 2. The Bertz CT molecular complexity index is 638. The molecule has 0 fully saturated rings. The first-order valence-electron chi connectivity index (χ1n) is 7.53. The topological polar surface area (TPSA) is 50.4 Å². The van der Waals surface area contributed by atoms with Crippen LogP contribution in [0.5, 0.6) is 5.75 Å². The van der Waals surface area contributed by atoms with Gasteiger partial charge in [0.2, 0.25) is 0 Å². The summed E-state index contributed by atoms with van der Waals surface area (Å²) in [5, 5.41) is 0. The average Bonchev–Trinajstić information content (AvgIpc) is 2.62. The molecular formula is C19H22N2O2. The summed E-state index contributed by atoms with van der Waals surface area (Å²) in [6.07, 6.45) is 1.86. The lowest BCUT2D eigenvalue weighted by Crippen LogP contribution is -2.42. The van der Waals surface area contributed by atoms with Gasteiger partial charge in [-0.1, -0.05) is 43.3 Å². The van der Waals surface area contributed by atoms with E-state index in [4.69, 9.17) is 4.74 Å². The van der Waals surface area contributed by atoms with E-state index in [-0.39, 0.29) is 17.9 Å². The zero-order valence-corrected chi connectivity index (χ0v) is 13.5. The highest BCUT2D eigenvalue weighted by Crippen LogP contribution is 2.24. The standard InChI is InChI=1S/C19H22N2O2/c1-4-14(2)18(15-10-12-17(23-3)13-11-15)20-21-19(22)16-8-6-5-7-9-16/h4-14,18,20H,1H2,2-3H3,(H,21,22)/t14-,18?/m0/s1. The molecule has 0 bridgehead atoms. The molecule has 4 heteroatoms. The number of benzene rings is 2. The van der Waals surface area contributed by atoms with E-state index in [0.717, 1.165) is 11.3 Å². The first kappa shape index (κ1) is 16.8. The Morgan fingerprint density at radius 1 is 1.13 bits per heavy atom. The maximum atomic E-state index is 12.2. The Balaban J connectivity index is 2.09. The number of hydrazine groups is 1. The summed E-state index contributed by atoms with van der Waals surface area (Å²) in [4.78, 5) is 12.2. The zero-order chi connectivity index (χ0) is 16.7. The molecule has 120 valence electrons. The minimum atomic E-state index is -0.166. The molecule has 2 atom stereocenters. The molecule has 0 aliphatic heterocycles. The van der Waals surface area contributed by atoms with Gasteiger partial charge in [-0.15, -0.1) is 6.58 Å². The number of methoxy groups -OCH3 is 1. The van der Waals surface area contributed by atoms with E-state index in [0.29, 0.717) is 5.56 Å². The van der Waals surface area contributed by atoms with Gasteiger partial charge >= 0.3 is 0 Å². The van der Waals surface area contributed by atoms with Crippen molar-refractivity contribution in [3.63, 3.8) is 0 Å². The van der Waals surface area contributed by atoms with Crippen LogP contribution in [-0.4, -0.2) is 13.0 Å². The fraction of sp³-hybridized carbons (Fsp3) is 0.211. The van der Waals surface area contributed by atoms with E-state index in [1.54, 1.807) is 19.2 Å². The van der Waals surface area contributed by atoms with Gasteiger partial charge in [0.25, 0.3) is 5.91 Å². The maximum absolute atomic E-state index is 12.2. The van der Waals surface area contributed by atoms with Crippen LogP contribution in [0.15, 0.2) is 67.3 Å². The Kier molecular flexibility index (Phi) is 5.94. The summed E-state index contributed by atoms with van der Waals surface area (Å²) in [5.41, 5.74) is 7.54. The third-order valence-corrected chi connectivity index (χ3v) is 3.75. The molecule has 0 aliphatic carbocycles. The Morgan fingerprint density at radius 3 is 2.35 bits per heavy atom. The van der Waals surface area contributed by atoms with Gasteiger partial charge in [-0.05, 0) is 35.7 Å². The Hall–Kier alpha value is -2.59. The maximum Gasteiger partial charge on any atom is 0.265 e. The largest absolute Gasteiger partial charge is 0.497 e. The molecule has 2 rings (SSSR count). The molecule has 1 unspecified atom stereocenters. The van der Waals surface area contributed by atoms with Crippen molar-refractivity contribution >= 4 is 5.91 Å². The number of hydrogen-bond donors (Lipinski definition) is 2. The molecule has 0 aromatic heterocycles. The van der Waals surface area contributed by atoms with Crippen LogP contribution in [0.1, 0.15) is 28.9 Å². The van der Waals surface area contributed by atoms with Crippen molar-refractivity contribution < 1.29 is 9.53 Å². The highest BCUT2D eigenvalue weighted by Gasteiger charge is 2.18. The van der Waals surface area contributed by atoms with Crippen LogP contribution < -0.4 is 15.6 Å². The summed E-state index contributed by atoms with van der Waals surface area (Å²) in [6, 6.07) is 16.8. The highest BCUT2D eigenvalue weighted by molar-refractivity contribution is 5.93. The van der Waals surface area contributed by atoms with Crippen molar-refractivity contribution in [1.29, 1.82) is 0 Å². The number of hydrogen-bond acceptors (Lipinski definition) is 3. The van der Waals surface area contributed by atoms with E-state index in [9.17, 15) is 4.79 Å². The highest BCUT2D eigenvalue weighted by atomic mass is 16.5. The fourth-order valence-corrected chi connectivity index (χ4v) is 2.27. The lowest BCUT2D eigenvalue weighted by molar-refractivity contribution is 0.0921. The van der Waals surface area contributed by atoms with Gasteiger partial charge in [0.1, 0.15) is 5.75 Å². The minimum absolute atomic E-state index is 0.0777. The zero-order valence-electron chi connectivity index (χ0n) is 13.5. The molecule has 0 radical (unpaired) electrons. The first-order valence-corrected chi connectivity index (χ1v) is 7.53. The van der Waals surface area contributed by atoms with Crippen molar-refractivity contribution in [1.82, 2.24) is 10.9 Å². The smallest absolute Gasteiger partial charge is 0.265 e. The summed E-state index contributed by atoms with van der Waals surface area (Å²) >= 11 is 0. The molecule has 2 N–H and O–H groups in total. The predicted molar refractivity (Wildman–Crippen MR) is 92.1 cm³/mol. The minimum Gasteiger partial charge on any atom is -0.497 e. The van der Waals surface area contributed by atoms with Crippen molar-refractivity contribution in [3.8, 4) is 5.75 Å². The molecule has 2 aromatic rings. The first-order chi connectivity index (χ1) is 11.2. The van der Waals surface area contributed by atoms with Gasteiger partial charge in [-0.3, -0.25) is 10.2 Å². The van der Waals surface area contributed by atoms with Gasteiger partial charge in [0.15, 0.2) is 0 Å². The number of ether oxygens (including phenoxy) is 1. The SMILES string of the molecule is C=C[C@H](C)C(NNC(=O)c1ccccc1)c1ccc(OC)cc1.